The molecule has 96 valence electrons. The van der Waals surface area contributed by atoms with E-state index in [0.717, 1.165) is 32.0 Å². The predicted molar refractivity (Wildman–Crippen MR) is 63.4 cm³/mol. The molecule has 0 aromatic rings. The van der Waals surface area contributed by atoms with E-state index >= 15 is 0 Å². The van der Waals surface area contributed by atoms with Gasteiger partial charge in [0.2, 0.25) is 0 Å². The summed E-state index contributed by atoms with van der Waals surface area (Å²) in [6.07, 6.45) is 5.96. The predicted octanol–water partition coefficient (Wildman–Crippen LogP) is 2.39. The lowest BCUT2D eigenvalue weighted by molar-refractivity contribution is -0.175. The van der Waals surface area contributed by atoms with Gasteiger partial charge < -0.3 is 9.47 Å². The van der Waals surface area contributed by atoms with Gasteiger partial charge in [-0.15, -0.1) is 0 Å². The number of fused-ring (bicyclic) bond motifs is 2. The molecule has 0 spiro atoms. The van der Waals surface area contributed by atoms with Crippen LogP contribution in [0.15, 0.2) is 0 Å². The molecule has 1 heterocycles. The molecular formula is C14H22O3. The van der Waals surface area contributed by atoms with E-state index in [-0.39, 0.29) is 17.3 Å². The summed E-state index contributed by atoms with van der Waals surface area (Å²) >= 11 is 0. The molecule has 2 aliphatic carbocycles. The minimum Gasteiger partial charge on any atom is -0.465 e. The summed E-state index contributed by atoms with van der Waals surface area (Å²) < 4.78 is 10.8. The van der Waals surface area contributed by atoms with Crippen molar-refractivity contribution in [3.63, 3.8) is 0 Å². The molecule has 3 aliphatic rings. The molecule has 3 heteroatoms. The molecular weight excluding hydrogens is 216 g/mol. The van der Waals surface area contributed by atoms with Crippen LogP contribution in [0.1, 0.15) is 39.0 Å². The molecule has 1 saturated heterocycles. The molecule has 3 unspecified atom stereocenters. The summed E-state index contributed by atoms with van der Waals surface area (Å²) in [5.41, 5.74) is 0.132. The van der Waals surface area contributed by atoms with E-state index in [1.807, 2.05) is 0 Å². The van der Waals surface area contributed by atoms with Crippen molar-refractivity contribution in [3.8, 4) is 0 Å². The number of hydrogen-bond donors (Lipinski definition) is 0. The molecule has 2 bridgehead atoms. The third-order valence-electron chi connectivity index (χ3n) is 5.13. The lowest BCUT2D eigenvalue weighted by atomic mass is 9.84. The second-order valence-electron chi connectivity index (χ2n) is 6.24. The zero-order chi connectivity index (χ0) is 11.9. The monoisotopic (exact) mass is 238 g/mol. The van der Waals surface area contributed by atoms with Crippen LogP contribution in [0.25, 0.3) is 0 Å². The van der Waals surface area contributed by atoms with Crippen LogP contribution in [0.4, 0.5) is 0 Å². The first-order valence-corrected chi connectivity index (χ1v) is 6.97. The van der Waals surface area contributed by atoms with Gasteiger partial charge in [-0.1, -0.05) is 13.3 Å². The Labute approximate surface area is 103 Å². The first kappa shape index (κ1) is 11.5. The fourth-order valence-corrected chi connectivity index (χ4v) is 3.64. The van der Waals surface area contributed by atoms with Crippen molar-refractivity contribution in [1.29, 1.82) is 0 Å². The Morgan fingerprint density at radius 1 is 1.35 bits per heavy atom. The molecule has 0 amide bonds. The molecule has 0 aromatic carbocycles. The topological polar surface area (TPSA) is 35.5 Å². The molecule has 1 aliphatic heterocycles. The van der Waals surface area contributed by atoms with E-state index in [2.05, 4.69) is 6.92 Å². The molecule has 0 aromatic heterocycles. The van der Waals surface area contributed by atoms with E-state index in [9.17, 15) is 4.79 Å². The number of ether oxygens (including phenoxy) is 2. The normalized spacial score (nSPS) is 37.8. The number of hydrogen-bond acceptors (Lipinski definition) is 3. The third kappa shape index (κ3) is 1.99. The van der Waals surface area contributed by atoms with Gasteiger partial charge in [-0.3, -0.25) is 4.79 Å². The van der Waals surface area contributed by atoms with Crippen LogP contribution in [0, 0.1) is 23.2 Å². The minimum absolute atomic E-state index is 0.0666. The average molecular weight is 238 g/mol. The van der Waals surface area contributed by atoms with Gasteiger partial charge in [-0.25, -0.2) is 0 Å². The molecule has 3 nitrogen and oxygen atoms in total. The lowest BCUT2D eigenvalue weighted by Gasteiger charge is -2.40. The van der Waals surface area contributed by atoms with Crippen molar-refractivity contribution in [2.45, 2.75) is 39.0 Å². The third-order valence-corrected chi connectivity index (χ3v) is 5.13. The number of carbonyl (C=O) groups excluding carboxylic acids is 1. The Hall–Kier alpha value is -0.570. The zero-order valence-corrected chi connectivity index (χ0v) is 10.6. The summed E-state index contributed by atoms with van der Waals surface area (Å²) in [6.45, 7) is 4.23. The number of esters is 1. The standard InChI is InChI=1S/C14H22O3/c1-2-14(7-16-8-14)9-17-13(15)12-6-10-3-4-11(12)5-10/h10-12H,2-9H2,1H3. The van der Waals surface area contributed by atoms with Crippen LogP contribution >= 0.6 is 0 Å². The maximum atomic E-state index is 12.1. The van der Waals surface area contributed by atoms with Gasteiger partial charge in [0.05, 0.1) is 24.5 Å². The van der Waals surface area contributed by atoms with Crippen LogP contribution < -0.4 is 0 Å². The van der Waals surface area contributed by atoms with E-state index in [1.165, 1.54) is 19.3 Å². The van der Waals surface area contributed by atoms with Crippen molar-refractivity contribution in [1.82, 2.24) is 0 Å². The molecule has 3 atom stereocenters. The smallest absolute Gasteiger partial charge is 0.309 e. The summed E-state index contributed by atoms with van der Waals surface area (Å²) in [7, 11) is 0. The Bertz CT molecular complexity index is 303. The van der Waals surface area contributed by atoms with E-state index < -0.39 is 0 Å². The highest BCUT2D eigenvalue weighted by molar-refractivity contribution is 5.73. The van der Waals surface area contributed by atoms with Gasteiger partial charge >= 0.3 is 5.97 Å². The first-order chi connectivity index (χ1) is 8.22. The first-order valence-electron chi connectivity index (χ1n) is 6.97. The van der Waals surface area contributed by atoms with Gasteiger partial charge in [0.15, 0.2) is 0 Å². The Kier molecular flexibility index (Phi) is 2.89. The lowest BCUT2D eigenvalue weighted by Crippen LogP contribution is -2.46. The molecule has 17 heavy (non-hydrogen) atoms. The van der Waals surface area contributed by atoms with Crippen molar-refractivity contribution in [3.05, 3.63) is 0 Å². The summed E-state index contributed by atoms with van der Waals surface area (Å²) in [4.78, 5) is 12.1. The highest BCUT2D eigenvalue weighted by Gasteiger charge is 2.45. The number of rotatable bonds is 4. The fourth-order valence-electron chi connectivity index (χ4n) is 3.64. The zero-order valence-electron chi connectivity index (χ0n) is 10.6. The molecule has 3 fully saturated rings. The van der Waals surface area contributed by atoms with Crippen LogP contribution in [0.5, 0.6) is 0 Å². The van der Waals surface area contributed by atoms with E-state index in [4.69, 9.17) is 9.47 Å². The maximum absolute atomic E-state index is 12.1. The quantitative estimate of drug-likeness (QED) is 0.705. The summed E-state index contributed by atoms with van der Waals surface area (Å²) in [5.74, 6) is 1.72. The second-order valence-corrected chi connectivity index (χ2v) is 6.24. The Morgan fingerprint density at radius 3 is 2.65 bits per heavy atom. The van der Waals surface area contributed by atoms with E-state index in [1.54, 1.807) is 0 Å². The van der Waals surface area contributed by atoms with Gasteiger partial charge in [-0.2, -0.15) is 0 Å². The number of carbonyl (C=O) groups is 1. The van der Waals surface area contributed by atoms with Crippen LogP contribution in [0.2, 0.25) is 0 Å². The SMILES string of the molecule is CCC1(COC(=O)C2CC3CCC2C3)COC1. The molecule has 2 saturated carbocycles. The minimum atomic E-state index is 0.0666. The summed E-state index contributed by atoms with van der Waals surface area (Å²) in [6, 6.07) is 0. The van der Waals surface area contributed by atoms with E-state index in [0.29, 0.717) is 12.5 Å². The van der Waals surface area contributed by atoms with Gasteiger partial charge in [0.1, 0.15) is 6.61 Å². The molecule has 0 N–H and O–H groups in total. The highest BCUT2D eigenvalue weighted by atomic mass is 16.5. The van der Waals surface area contributed by atoms with Gasteiger partial charge in [0.25, 0.3) is 0 Å². The highest BCUT2D eigenvalue weighted by Crippen LogP contribution is 2.48. The Morgan fingerprint density at radius 2 is 2.18 bits per heavy atom. The van der Waals surface area contributed by atoms with Crippen LogP contribution in [-0.2, 0) is 14.3 Å². The van der Waals surface area contributed by atoms with Crippen molar-refractivity contribution >= 4 is 5.97 Å². The molecule has 3 rings (SSSR count). The fraction of sp³-hybridized carbons (Fsp3) is 0.929. The largest absolute Gasteiger partial charge is 0.465 e. The average Bonchev–Trinajstić information content (AvgIpc) is 2.89. The van der Waals surface area contributed by atoms with Gasteiger partial charge in [-0.05, 0) is 37.5 Å². The van der Waals surface area contributed by atoms with Crippen LogP contribution in [-0.4, -0.2) is 25.8 Å². The van der Waals surface area contributed by atoms with Crippen molar-refractivity contribution in [2.24, 2.45) is 23.2 Å². The Balaban J connectivity index is 1.50. The second kappa shape index (κ2) is 4.27. The van der Waals surface area contributed by atoms with Crippen molar-refractivity contribution in [2.75, 3.05) is 19.8 Å². The van der Waals surface area contributed by atoms with Crippen molar-refractivity contribution < 1.29 is 14.3 Å². The molecule has 0 radical (unpaired) electrons. The summed E-state index contributed by atoms with van der Waals surface area (Å²) in [5, 5.41) is 0. The maximum Gasteiger partial charge on any atom is 0.309 e. The van der Waals surface area contributed by atoms with Gasteiger partial charge in [0, 0.05) is 0 Å². The van der Waals surface area contributed by atoms with Crippen LogP contribution in [0.3, 0.4) is 0 Å².